The van der Waals surface area contributed by atoms with Gasteiger partial charge in [0.05, 0.1) is 5.69 Å². The fourth-order valence-corrected chi connectivity index (χ4v) is 2.69. The maximum atomic E-state index is 5.81. The molecule has 0 spiro atoms. The van der Waals surface area contributed by atoms with Crippen LogP contribution < -0.4 is 0 Å². The van der Waals surface area contributed by atoms with Crippen LogP contribution in [0, 0.1) is 0 Å². The molecule has 4 heterocycles. The Labute approximate surface area is 129 Å². The van der Waals surface area contributed by atoms with Gasteiger partial charge in [-0.1, -0.05) is 24.3 Å². The molecule has 23 heavy (non-hydrogen) atoms. The highest BCUT2D eigenvalue weighted by molar-refractivity contribution is 6.03. The highest BCUT2D eigenvalue weighted by atomic mass is 16.3. The molecular formula is C17H9N5O. The number of rotatable bonds is 1. The molecule has 4 aromatic heterocycles. The molecule has 0 unspecified atom stereocenters. The summed E-state index contributed by atoms with van der Waals surface area (Å²) in [5.74, 6) is 0. The van der Waals surface area contributed by atoms with Crippen LogP contribution in [-0.2, 0) is 0 Å². The lowest BCUT2D eigenvalue weighted by Gasteiger charge is -2.02. The topological polar surface area (TPSA) is 77.6 Å². The van der Waals surface area contributed by atoms with Gasteiger partial charge in [0.2, 0.25) is 5.71 Å². The second-order valence-electron chi connectivity index (χ2n) is 5.13. The van der Waals surface area contributed by atoms with Crippen molar-refractivity contribution in [3.8, 4) is 11.4 Å². The zero-order valence-electron chi connectivity index (χ0n) is 11.8. The maximum absolute atomic E-state index is 5.81. The van der Waals surface area contributed by atoms with Crippen LogP contribution in [-0.4, -0.2) is 24.9 Å². The lowest BCUT2D eigenvalue weighted by Crippen LogP contribution is -1.90. The average molecular weight is 299 g/mol. The van der Waals surface area contributed by atoms with E-state index in [9.17, 15) is 0 Å². The molecule has 0 fully saturated rings. The quantitative estimate of drug-likeness (QED) is 0.472. The van der Waals surface area contributed by atoms with Crippen LogP contribution in [0.3, 0.4) is 0 Å². The van der Waals surface area contributed by atoms with Crippen LogP contribution in [0.1, 0.15) is 0 Å². The minimum atomic E-state index is 0.449. The highest BCUT2D eigenvalue weighted by Gasteiger charge is 2.16. The molecule has 6 nitrogen and oxygen atoms in total. The van der Waals surface area contributed by atoms with E-state index in [1.165, 1.54) is 6.33 Å². The second-order valence-corrected chi connectivity index (χ2v) is 5.13. The van der Waals surface area contributed by atoms with Gasteiger partial charge >= 0.3 is 0 Å². The second kappa shape index (κ2) is 4.54. The molecule has 0 aliphatic heterocycles. The van der Waals surface area contributed by atoms with Crippen LogP contribution in [0.4, 0.5) is 0 Å². The van der Waals surface area contributed by atoms with E-state index in [1.807, 2.05) is 36.5 Å². The minimum Gasteiger partial charge on any atom is -0.432 e. The number of nitrogens with zero attached hydrogens (tertiary/aromatic N) is 5. The van der Waals surface area contributed by atoms with Gasteiger partial charge in [-0.3, -0.25) is 4.98 Å². The molecular weight excluding hydrogens is 290 g/mol. The number of furan rings is 1. The van der Waals surface area contributed by atoms with Crippen molar-refractivity contribution in [3.05, 3.63) is 55.2 Å². The summed E-state index contributed by atoms with van der Waals surface area (Å²) in [4.78, 5) is 21.6. The Morgan fingerprint density at radius 2 is 1.65 bits per heavy atom. The zero-order valence-corrected chi connectivity index (χ0v) is 11.8. The zero-order chi connectivity index (χ0) is 15.2. The van der Waals surface area contributed by atoms with Crippen molar-refractivity contribution in [1.82, 2.24) is 24.9 Å². The predicted octanol–water partition coefficient (Wildman–Crippen LogP) is 3.38. The van der Waals surface area contributed by atoms with E-state index in [0.29, 0.717) is 28.0 Å². The van der Waals surface area contributed by atoms with Crippen molar-refractivity contribution in [2.24, 2.45) is 0 Å². The van der Waals surface area contributed by atoms with Gasteiger partial charge in [0, 0.05) is 24.0 Å². The third-order valence-electron chi connectivity index (χ3n) is 3.77. The molecule has 0 atom stereocenters. The van der Waals surface area contributed by atoms with Crippen molar-refractivity contribution < 1.29 is 4.42 Å². The third-order valence-corrected chi connectivity index (χ3v) is 3.77. The van der Waals surface area contributed by atoms with Gasteiger partial charge in [-0.15, -0.1) is 0 Å². The number of fused-ring (bicyclic) bond motifs is 4. The van der Waals surface area contributed by atoms with Crippen molar-refractivity contribution in [2.75, 3.05) is 0 Å². The van der Waals surface area contributed by atoms with Gasteiger partial charge in [0.15, 0.2) is 11.1 Å². The molecule has 0 N–H and O–H groups in total. The van der Waals surface area contributed by atoms with Gasteiger partial charge in [-0.25, -0.2) is 19.9 Å². The van der Waals surface area contributed by atoms with E-state index in [1.54, 1.807) is 12.4 Å². The Bertz CT molecular complexity index is 1180. The standard InChI is InChI=1S/C17H9N5O/c1-2-4-11-8-20-12(7-10(11)3-1)13-16-14(22-9-21-13)15-17(23-16)19-6-5-18-15/h1-9H. The summed E-state index contributed by atoms with van der Waals surface area (Å²) in [6.07, 6.45) is 6.54. The van der Waals surface area contributed by atoms with E-state index >= 15 is 0 Å². The number of hydrogen-bond acceptors (Lipinski definition) is 6. The first-order valence-electron chi connectivity index (χ1n) is 7.09. The summed E-state index contributed by atoms with van der Waals surface area (Å²) in [6.45, 7) is 0. The number of pyridine rings is 1. The molecule has 0 aliphatic rings. The smallest absolute Gasteiger partial charge is 0.248 e. The third kappa shape index (κ3) is 1.78. The predicted molar refractivity (Wildman–Crippen MR) is 85.6 cm³/mol. The SMILES string of the molecule is c1ccc2cc(-c3ncnc4c3oc3nccnc34)ncc2c1. The Morgan fingerprint density at radius 1 is 0.783 bits per heavy atom. The monoisotopic (exact) mass is 299 g/mol. The van der Waals surface area contributed by atoms with E-state index in [4.69, 9.17) is 4.42 Å². The van der Waals surface area contributed by atoms with E-state index in [0.717, 1.165) is 16.5 Å². The van der Waals surface area contributed by atoms with Crippen molar-refractivity contribution >= 4 is 33.1 Å². The fourth-order valence-electron chi connectivity index (χ4n) is 2.69. The molecule has 0 amide bonds. The normalized spacial score (nSPS) is 11.5. The molecule has 0 aliphatic carbocycles. The molecule has 0 saturated heterocycles. The molecule has 1 aromatic carbocycles. The van der Waals surface area contributed by atoms with Gasteiger partial charge in [0.25, 0.3) is 0 Å². The Kier molecular flexibility index (Phi) is 2.40. The van der Waals surface area contributed by atoms with Crippen LogP contribution >= 0.6 is 0 Å². The first-order chi connectivity index (χ1) is 11.4. The average Bonchev–Trinajstić information content (AvgIpc) is 3.00. The van der Waals surface area contributed by atoms with E-state index in [-0.39, 0.29) is 0 Å². The van der Waals surface area contributed by atoms with Crippen LogP contribution in [0.5, 0.6) is 0 Å². The van der Waals surface area contributed by atoms with Crippen molar-refractivity contribution in [2.45, 2.75) is 0 Å². The van der Waals surface area contributed by atoms with E-state index in [2.05, 4.69) is 24.9 Å². The molecule has 0 saturated carbocycles. The van der Waals surface area contributed by atoms with Gasteiger partial charge < -0.3 is 4.42 Å². The molecule has 0 bridgehead atoms. The molecule has 6 heteroatoms. The minimum absolute atomic E-state index is 0.449. The summed E-state index contributed by atoms with van der Waals surface area (Å²) in [5.41, 5.74) is 3.65. The van der Waals surface area contributed by atoms with Crippen LogP contribution in [0.25, 0.3) is 44.5 Å². The first-order valence-corrected chi connectivity index (χ1v) is 7.09. The lowest BCUT2D eigenvalue weighted by molar-refractivity contribution is 0.651. The summed E-state index contributed by atoms with van der Waals surface area (Å²) < 4.78 is 5.81. The number of benzene rings is 1. The summed E-state index contributed by atoms with van der Waals surface area (Å²) in [5, 5.41) is 2.17. The number of hydrogen-bond donors (Lipinski definition) is 0. The summed E-state index contributed by atoms with van der Waals surface area (Å²) in [6, 6.07) is 10.0. The van der Waals surface area contributed by atoms with Crippen LogP contribution in [0.15, 0.2) is 59.7 Å². The molecule has 108 valence electrons. The van der Waals surface area contributed by atoms with E-state index < -0.39 is 0 Å². The molecule has 5 rings (SSSR count). The van der Waals surface area contributed by atoms with Gasteiger partial charge in [-0.2, -0.15) is 0 Å². The lowest BCUT2D eigenvalue weighted by atomic mass is 10.1. The summed E-state index contributed by atoms with van der Waals surface area (Å²) >= 11 is 0. The van der Waals surface area contributed by atoms with Crippen molar-refractivity contribution in [3.63, 3.8) is 0 Å². The largest absolute Gasteiger partial charge is 0.432 e. The fraction of sp³-hybridized carbons (Fsp3) is 0. The Morgan fingerprint density at radius 3 is 2.61 bits per heavy atom. The Balaban J connectivity index is 1.84. The van der Waals surface area contributed by atoms with Crippen molar-refractivity contribution in [1.29, 1.82) is 0 Å². The van der Waals surface area contributed by atoms with Gasteiger partial charge in [-0.05, 0) is 11.5 Å². The van der Waals surface area contributed by atoms with Gasteiger partial charge in [0.1, 0.15) is 17.5 Å². The molecule has 5 aromatic rings. The highest BCUT2D eigenvalue weighted by Crippen LogP contribution is 2.31. The molecule has 0 radical (unpaired) electrons. The van der Waals surface area contributed by atoms with Crippen LogP contribution in [0.2, 0.25) is 0 Å². The number of aromatic nitrogens is 5. The maximum Gasteiger partial charge on any atom is 0.248 e. The summed E-state index contributed by atoms with van der Waals surface area (Å²) in [7, 11) is 0. The Hall–Kier alpha value is -3.41. The first kappa shape index (κ1) is 12.2.